The molecule has 0 saturated heterocycles. The monoisotopic (exact) mass is 316 g/mol. The highest BCUT2D eigenvalue weighted by atomic mass is 19.1. The first kappa shape index (κ1) is 15.4. The van der Waals surface area contributed by atoms with Crippen LogP contribution in [-0.2, 0) is 0 Å². The number of carbonyl (C=O) groups is 1. The van der Waals surface area contributed by atoms with Crippen LogP contribution in [0, 0.1) is 5.82 Å². The molecule has 23 heavy (non-hydrogen) atoms. The van der Waals surface area contributed by atoms with E-state index >= 15 is 0 Å². The third kappa shape index (κ3) is 3.65. The molecule has 0 spiro atoms. The maximum atomic E-state index is 13.0. The van der Waals surface area contributed by atoms with Crippen LogP contribution in [0.25, 0.3) is 0 Å². The fourth-order valence-corrected chi connectivity index (χ4v) is 2.50. The average Bonchev–Trinajstić information content (AvgIpc) is 3.37. The van der Waals surface area contributed by atoms with Crippen LogP contribution in [0.1, 0.15) is 34.9 Å². The standard InChI is InChI=1S/C17H17FN2O3/c18-13-3-1-11(2-4-13)15(21)10-20(14-5-6-14)17(23)12-7-8-19-16(22)9-12/h1-4,7-9,14-15,21H,5-6,10H2,(H,19,22). The van der Waals surface area contributed by atoms with Crippen LogP contribution >= 0.6 is 0 Å². The van der Waals surface area contributed by atoms with E-state index in [1.54, 1.807) is 11.0 Å². The van der Waals surface area contributed by atoms with Crippen LogP contribution < -0.4 is 5.56 Å². The fourth-order valence-electron chi connectivity index (χ4n) is 2.50. The fraction of sp³-hybridized carbons (Fsp3) is 0.294. The zero-order valence-corrected chi connectivity index (χ0v) is 12.4. The van der Waals surface area contributed by atoms with Crippen LogP contribution in [0.2, 0.25) is 0 Å². The number of nitrogens with one attached hydrogen (secondary N) is 1. The Morgan fingerprint density at radius 1 is 1.30 bits per heavy atom. The smallest absolute Gasteiger partial charge is 0.254 e. The lowest BCUT2D eigenvalue weighted by molar-refractivity contribution is 0.0603. The number of amides is 1. The van der Waals surface area contributed by atoms with Gasteiger partial charge in [-0.2, -0.15) is 0 Å². The molecule has 0 aliphatic heterocycles. The molecule has 1 aliphatic rings. The topological polar surface area (TPSA) is 73.4 Å². The van der Waals surface area contributed by atoms with E-state index in [0.717, 1.165) is 12.8 Å². The van der Waals surface area contributed by atoms with Gasteiger partial charge in [0.15, 0.2) is 0 Å². The maximum Gasteiger partial charge on any atom is 0.254 e. The molecule has 1 fully saturated rings. The number of hydrogen-bond acceptors (Lipinski definition) is 3. The summed E-state index contributed by atoms with van der Waals surface area (Å²) in [4.78, 5) is 28.0. The minimum Gasteiger partial charge on any atom is -0.387 e. The predicted octanol–water partition coefficient (Wildman–Crippen LogP) is 1.85. The molecule has 0 radical (unpaired) electrons. The van der Waals surface area contributed by atoms with Gasteiger partial charge in [-0.1, -0.05) is 12.1 Å². The first-order valence-corrected chi connectivity index (χ1v) is 7.48. The van der Waals surface area contributed by atoms with Crippen LogP contribution in [0.5, 0.6) is 0 Å². The van der Waals surface area contributed by atoms with E-state index in [-0.39, 0.29) is 29.9 Å². The molecule has 1 aromatic carbocycles. The highest BCUT2D eigenvalue weighted by Gasteiger charge is 2.34. The molecule has 1 atom stereocenters. The van der Waals surface area contributed by atoms with Gasteiger partial charge in [0, 0.05) is 23.9 Å². The van der Waals surface area contributed by atoms with Crippen molar-refractivity contribution >= 4 is 5.91 Å². The number of aromatic nitrogens is 1. The highest BCUT2D eigenvalue weighted by molar-refractivity contribution is 5.94. The van der Waals surface area contributed by atoms with Gasteiger partial charge in [-0.3, -0.25) is 9.59 Å². The van der Waals surface area contributed by atoms with Gasteiger partial charge in [0.2, 0.25) is 5.56 Å². The van der Waals surface area contributed by atoms with Gasteiger partial charge in [0.05, 0.1) is 12.6 Å². The molecule has 1 amide bonds. The Kier molecular flexibility index (Phi) is 4.25. The van der Waals surface area contributed by atoms with E-state index in [2.05, 4.69) is 4.98 Å². The summed E-state index contributed by atoms with van der Waals surface area (Å²) in [7, 11) is 0. The summed E-state index contributed by atoms with van der Waals surface area (Å²) < 4.78 is 13.0. The Balaban J connectivity index is 1.78. The Morgan fingerprint density at radius 2 is 2.00 bits per heavy atom. The van der Waals surface area contributed by atoms with Gasteiger partial charge < -0.3 is 15.0 Å². The summed E-state index contributed by atoms with van der Waals surface area (Å²) in [6, 6.07) is 8.44. The third-order valence-corrected chi connectivity index (χ3v) is 3.89. The number of pyridine rings is 1. The molecule has 6 heteroatoms. The SMILES string of the molecule is O=C(c1cc[nH]c(=O)c1)N(CC(O)c1ccc(F)cc1)C1CC1. The van der Waals surface area contributed by atoms with Crippen molar-refractivity contribution < 1.29 is 14.3 Å². The zero-order chi connectivity index (χ0) is 16.4. The van der Waals surface area contributed by atoms with Crippen molar-refractivity contribution in [2.24, 2.45) is 0 Å². The average molecular weight is 316 g/mol. The lowest BCUT2D eigenvalue weighted by Gasteiger charge is -2.25. The van der Waals surface area contributed by atoms with E-state index in [1.165, 1.54) is 36.5 Å². The predicted molar refractivity (Wildman–Crippen MR) is 82.5 cm³/mol. The highest BCUT2D eigenvalue weighted by Crippen LogP contribution is 2.30. The van der Waals surface area contributed by atoms with Crippen molar-refractivity contribution in [3.05, 3.63) is 69.9 Å². The van der Waals surface area contributed by atoms with Crippen LogP contribution in [0.15, 0.2) is 47.4 Å². The molecule has 1 aromatic heterocycles. The van der Waals surface area contributed by atoms with E-state index in [4.69, 9.17) is 0 Å². The van der Waals surface area contributed by atoms with Gasteiger partial charge in [0.25, 0.3) is 5.91 Å². The molecular formula is C17H17FN2O3. The molecule has 5 nitrogen and oxygen atoms in total. The Labute approximate surface area is 132 Å². The number of halogens is 1. The molecule has 1 unspecified atom stereocenters. The normalized spacial score (nSPS) is 15.2. The molecule has 120 valence electrons. The minimum atomic E-state index is -0.901. The Hall–Kier alpha value is -2.47. The molecule has 0 bridgehead atoms. The molecular weight excluding hydrogens is 299 g/mol. The largest absolute Gasteiger partial charge is 0.387 e. The van der Waals surface area contributed by atoms with E-state index in [1.807, 2.05) is 0 Å². The van der Waals surface area contributed by atoms with E-state index < -0.39 is 6.10 Å². The van der Waals surface area contributed by atoms with Crippen molar-refractivity contribution in [3.8, 4) is 0 Å². The summed E-state index contributed by atoms with van der Waals surface area (Å²) in [5.41, 5.74) is 0.508. The molecule has 1 heterocycles. The van der Waals surface area contributed by atoms with Gasteiger partial charge in [-0.25, -0.2) is 4.39 Å². The second-order valence-corrected chi connectivity index (χ2v) is 5.70. The Morgan fingerprint density at radius 3 is 2.61 bits per heavy atom. The third-order valence-electron chi connectivity index (χ3n) is 3.89. The maximum absolute atomic E-state index is 13.0. The molecule has 2 aromatic rings. The van der Waals surface area contributed by atoms with Gasteiger partial charge in [-0.05, 0) is 36.6 Å². The molecule has 3 rings (SSSR count). The lowest BCUT2D eigenvalue weighted by atomic mass is 10.1. The van der Waals surface area contributed by atoms with Gasteiger partial charge in [-0.15, -0.1) is 0 Å². The van der Waals surface area contributed by atoms with Crippen molar-refractivity contribution in [2.75, 3.05) is 6.54 Å². The number of hydrogen-bond donors (Lipinski definition) is 2. The summed E-state index contributed by atoms with van der Waals surface area (Å²) in [6.07, 6.45) is 2.29. The summed E-state index contributed by atoms with van der Waals surface area (Å²) in [5.74, 6) is -0.653. The number of aromatic amines is 1. The van der Waals surface area contributed by atoms with Crippen molar-refractivity contribution in [1.82, 2.24) is 9.88 Å². The van der Waals surface area contributed by atoms with Gasteiger partial charge in [0.1, 0.15) is 5.82 Å². The number of H-pyrrole nitrogens is 1. The van der Waals surface area contributed by atoms with Crippen LogP contribution in [-0.4, -0.2) is 33.5 Å². The lowest BCUT2D eigenvalue weighted by Crippen LogP contribution is -2.37. The number of aliphatic hydroxyl groups excluding tert-OH is 1. The second-order valence-electron chi connectivity index (χ2n) is 5.70. The van der Waals surface area contributed by atoms with Crippen molar-refractivity contribution in [2.45, 2.75) is 25.0 Å². The van der Waals surface area contributed by atoms with Crippen molar-refractivity contribution in [1.29, 1.82) is 0 Å². The van der Waals surface area contributed by atoms with Crippen molar-refractivity contribution in [3.63, 3.8) is 0 Å². The summed E-state index contributed by atoms with van der Waals surface area (Å²) in [6.45, 7) is 0.113. The molecule has 1 saturated carbocycles. The number of rotatable bonds is 5. The summed E-state index contributed by atoms with van der Waals surface area (Å²) in [5, 5.41) is 10.3. The number of benzene rings is 1. The zero-order valence-electron chi connectivity index (χ0n) is 12.4. The molecule has 1 aliphatic carbocycles. The van der Waals surface area contributed by atoms with Crippen LogP contribution in [0.3, 0.4) is 0 Å². The number of nitrogens with zero attached hydrogens (tertiary/aromatic N) is 1. The second kappa shape index (κ2) is 6.34. The number of carbonyl (C=O) groups excluding carboxylic acids is 1. The minimum absolute atomic E-state index is 0.0805. The number of aliphatic hydroxyl groups is 1. The van der Waals surface area contributed by atoms with Gasteiger partial charge >= 0.3 is 0 Å². The molecule has 2 N–H and O–H groups in total. The Bertz CT molecular complexity index is 753. The first-order chi connectivity index (χ1) is 11.0. The summed E-state index contributed by atoms with van der Waals surface area (Å²) >= 11 is 0. The van der Waals surface area contributed by atoms with E-state index in [0.29, 0.717) is 11.1 Å². The first-order valence-electron chi connectivity index (χ1n) is 7.48. The van der Waals surface area contributed by atoms with E-state index in [9.17, 15) is 19.1 Å². The van der Waals surface area contributed by atoms with Crippen LogP contribution in [0.4, 0.5) is 4.39 Å². The quantitative estimate of drug-likeness (QED) is 0.884.